The van der Waals surface area contributed by atoms with Crippen molar-refractivity contribution in [3.8, 4) is 0 Å². The van der Waals surface area contributed by atoms with E-state index in [9.17, 15) is 17.6 Å². The molecule has 1 aliphatic heterocycles. The van der Waals surface area contributed by atoms with Gasteiger partial charge in [0.25, 0.3) is 0 Å². The van der Waals surface area contributed by atoms with Gasteiger partial charge >= 0.3 is 6.18 Å². The Balaban J connectivity index is 1.62. The van der Waals surface area contributed by atoms with Crippen molar-refractivity contribution < 1.29 is 17.6 Å². The number of alkyl halides is 3. The van der Waals surface area contributed by atoms with E-state index in [0.717, 1.165) is 43.4 Å². The molecule has 0 atom stereocenters. The normalized spacial score (nSPS) is 17.0. The summed E-state index contributed by atoms with van der Waals surface area (Å²) in [6, 6.07) is 4.80. The lowest BCUT2D eigenvalue weighted by atomic mass is 9.93. The summed E-state index contributed by atoms with van der Waals surface area (Å²) in [7, 11) is 1.70. The fourth-order valence-electron chi connectivity index (χ4n) is 3.56. The summed E-state index contributed by atoms with van der Waals surface area (Å²) in [6.45, 7) is 3.52. The fraction of sp³-hybridized carbons (Fsp3) is 0.650. The first-order valence-corrected chi connectivity index (χ1v) is 9.75. The van der Waals surface area contributed by atoms with Crippen LogP contribution in [0.25, 0.3) is 0 Å². The van der Waals surface area contributed by atoms with Gasteiger partial charge in [-0.05, 0) is 74.9 Å². The molecule has 1 aliphatic rings. The smallest absolute Gasteiger partial charge is 0.356 e. The Hall–Kier alpha value is -1.83. The molecule has 0 radical (unpaired) electrons. The van der Waals surface area contributed by atoms with Crippen LogP contribution in [-0.2, 0) is 6.42 Å². The number of aliphatic imine (C=N–C) groups is 1. The summed E-state index contributed by atoms with van der Waals surface area (Å²) in [5, 5.41) is 6.50. The van der Waals surface area contributed by atoms with Crippen LogP contribution in [0, 0.1) is 18.7 Å². The number of aryl methyl sites for hydroxylation is 1. The average molecular weight is 402 g/mol. The first-order valence-electron chi connectivity index (χ1n) is 9.75. The van der Waals surface area contributed by atoms with Crippen molar-refractivity contribution in [2.75, 3.05) is 39.8 Å². The third-order valence-corrected chi connectivity index (χ3v) is 5.17. The van der Waals surface area contributed by atoms with E-state index >= 15 is 0 Å². The second-order valence-corrected chi connectivity index (χ2v) is 7.37. The number of halogens is 4. The molecule has 0 amide bonds. The lowest BCUT2D eigenvalue weighted by Crippen LogP contribution is -2.42. The lowest BCUT2D eigenvalue weighted by Gasteiger charge is -2.32. The number of hydrogen-bond donors (Lipinski definition) is 2. The monoisotopic (exact) mass is 402 g/mol. The maximum absolute atomic E-state index is 13.1. The third-order valence-electron chi connectivity index (χ3n) is 5.17. The number of nitrogens with zero attached hydrogens (tertiary/aromatic N) is 2. The minimum absolute atomic E-state index is 0.226. The van der Waals surface area contributed by atoms with Gasteiger partial charge in [-0.2, -0.15) is 13.2 Å². The molecule has 1 saturated heterocycles. The van der Waals surface area contributed by atoms with E-state index in [1.807, 2.05) is 6.92 Å². The third kappa shape index (κ3) is 8.04. The number of piperidine rings is 1. The van der Waals surface area contributed by atoms with Crippen molar-refractivity contribution in [1.29, 1.82) is 0 Å². The van der Waals surface area contributed by atoms with Gasteiger partial charge in [-0.3, -0.25) is 9.89 Å². The summed E-state index contributed by atoms with van der Waals surface area (Å²) in [5.41, 5.74) is 2.02. The highest BCUT2D eigenvalue weighted by molar-refractivity contribution is 5.79. The Morgan fingerprint density at radius 3 is 2.46 bits per heavy atom. The first kappa shape index (κ1) is 22.5. The molecule has 1 heterocycles. The fourth-order valence-corrected chi connectivity index (χ4v) is 3.56. The Labute approximate surface area is 164 Å². The molecule has 1 aromatic rings. The van der Waals surface area contributed by atoms with Gasteiger partial charge in [0, 0.05) is 20.1 Å². The SMILES string of the molecule is CN=C(NCCc1ccc(F)cc1C)NCCC1CCN(CC(F)(F)F)CC1. The number of rotatable bonds is 7. The van der Waals surface area contributed by atoms with Gasteiger partial charge < -0.3 is 10.6 Å². The molecule has 4 nitrogen and oxygen atoms in total. The van der Waals surface area contributed by atoms with E-state index < -0.39 is 12.7 Å². The van der Waals surface area contributed by atoms with Crippen LogP contribution in [0.1, 0.15) is 30.4 Å². The summed E-state index contributed by atoms with van der Waals surface area (Å²) >= 11 is 0. The van der Waals surface area contributed by atoms with Crippen molar-refractivity contribution in [3.05, 3.63) is 35.1 Å². The highest BCUT2D eigenvalue weighted by atomic mass is 19.4. The Bertz CT molecular complexity index is 638. The van der Waals surface area contributed by atoms with Crippen molar-refractivity contribution in [2.24, 2.45) is 10.9 Å². The molecule has 0 aromatic heterocycles. The van der Waals surface area contributed by atoms with Crippen molar-refractivity contribution in [1.82, 2.24) is 15.5 Å². The maximum Gasteiger partial charge on any atom is 0.401 e. The highest BCUT2D eigenvalue weighted by Gasteiger charge is 2.32. The lowest BCUT2D eigenvalue weighted by molar-refractivity contribution is -0.148. The van der Waals surface area contributed by atoms with Crippen LogP contribution in [0.15, 0.2) is 23.2 Å². The molecule has 8 heteroatoms. The van der Waals surface area contributed by atoms with Crippen LogP contribution in [0.5, 0.6) is 0 Å². The zero-order valence-electron chi connectivity index (χ0n) is 16.6. The second-order valence-electron chi connectivity index (χ2n) is 7.37. The number of benzene rings is 1. The molecule has 1 aromatic carbocycles. The summed E-state index contributed by atoms with van der Waals surface area (Å²) in [6.07, 6.45) is -0.831. The minimum Gasteiger partial charge on any atom is -0.356 e. The Morgan fingerprint density at radius 1 is 1.18 bits per heavy atom. The maximum atomic E-state index is 13.1. The molecule has 2 rings (SSSR count). The second kappa shape index (κ2) is 10.6. The topological polar surface area (TPSA) is 39.7 Å². The van der Waals surface area contributed by atoms with Crippen LogP contribution in [0.2, 0.25) is 0 Å². The average Bonchev–Trinajstić information content (AvgIpc) is 2.62. The first-order chi connectivity index (χ1) is 13.3. The van der Waals surface area contributed by atoms with Gasteiger partial charge in [0.2, 0.25) is 0 Å². The quantitative estimate of drug-likeness (QED) is 0.417. The largest absolute Gasteiger partial charge is 0.401 e. The molecule has 0 unspecified atom stereocenters. The van der Waals surface area contributed by atoms with Gasteiger partial charge in [-0.15, -0.1) is 0 Å². The number of likely N-dealkylation sites (tertiary alicyclic amines) is 1. The predicted octanol–water partition coefficient (Wildman–Crippen LogP) is 3.51. The molecule has 2 N–H and O–H groups in total. The van der Waals surface area contributed by atoms with Crippen molar-refractivity contribution >= 4 is 5.96 Å². The summed E-state index contributed by atoms with van der Waals surface area (Å²) in [4.78, 5) is 5.68. The number of nitrogens with one attached hydrogen (secondary N) is 2. The van der Waals surface area contributed by atoms with E-state index in [4.69, 9.17) is 0 Å². The van der Waals surface area contributed by atoms with E-state index in [0.29, 0.717) is 31.5 Å². The summed E-state index contributed by atoms with van der Waals surface area (Å²) in [5.74, 6) is 0.919. The zero-order chi connectivity index (χ0) is 20.6. The van der Waals surface area contributed by atoms with Crippen LogP contribution in [0.3, 0.4) is 0 Å². The molecule has 0 saturated carbocycles. The van der Waals surface area contributed by atoms with E-state index in [2.05, 4.69) is 15.6 Å². The molecule has 0 spiro atoms. The number of guanidine groups is 1. The molecule has 0 aliphatic carbocycles. The van der Waals surface area contributed by atoms with Gasteiger partial charge in [-0.25, -0.2) is 4.39 Å². The van der Waals surface area contributed by atoms with Crippen LogP contribution in [0.4, 0.5) is 17.6 Å². The molecule has 1 fully saturated rings. The molecule has 158 valence electrons. The van der Waals surface area contributed by atoms with Crippen molar-refractivity contribution in [3.63, 3.8) is 0 Å². The van der Waals surface area contributed by atoms with Crippen molar-refractivity contribution in [2.45, 2.75) is 38.8 Å². The minimum atomic E-state index is -4.11. The van der Waals surface area contributed by atoms with E-state index in [-0.39, 0.29) is 5.82 Å². The Morgan fingerprint density at radius 2 is 1.86 bits per heavy atom. The van der Waals surface area contributed by atoms with Crippen LogP contribution < -0.4 is 10.6 Å². The number of hydrogen-bond acceptors (Lipinski definition) is 2. The highest BCUT2D eigenvalue weighted by Crippen LogP contribution is 2.23. The van der Waals surface area contributed by atoms with Crippen LogP contribution >= 0.6 is 0 Å². The van der Waals surface area contributed by atoms with Gasteiger partial charge in [0.1, 0.15) is 5.82 Å². The van der Waals surface area contributed by atoms with E-state index in [1.165, 1.54) is 17.0 Å². The molecule has 0 bridgehead atoms. The predicted molar refractivity (Wildman–Crippen MR) is 104 cm³/mol. The molecular weight excluding hydrogens is 372 g/mol. The van der Waals surface area contributed by atoms with Gasteiger partial charge in [-0.1, -0.05) is 6.07 Å². The van der Waals surface area contributed by atoms with E-state index in [1.54, 1.807) is 13.1 Å². The zero-order valence-corrected chi connectivity index (χ0v) is 16.6. The van der Waals surface area contributed by atoms with Gasteiger partial charge in [0.05, 0.1) is 6.54 Å². The molecule has 28 heavy (non-hydrogen) atoms. The van der Waals surface area contributed by atoms with Crippen LogP contribution in [-0.4, -0.2) is 56.8 Å². The molecular formula is C20H30F4N4. The van der Waals surface area contributed by atoms with Gasteiger partial charge in [0.15, 0.2) is 5.96 Å². The summed E-state index contributed by atoms with van der Waals surface area (Å²) < 4.78 is 50.4. The Kier molecular flexibility index (Phi) is 8.54. The standard InChI is InChI=1S/C20H30F4N4/c1-15-13-18(21)4-3-17(15)6-10-27-19(25-2)26-9-5-16-7-11-28(12-8-16)14-20(22,23)24/h3-4,13,16H,5-12,14H2,1-2H3,(H2,25,26,27).